The van der Waals surface area contributed by atoms with E-state index in [2.05, 4.69) is 15.3 Å². The lowest BCUT2D eigenvalue weighted by molar-refractivity contribution is 0.0952. The van der Waals surface area contributed by atoms with E-state index in [9.17, 15) is 9.59 Å². The number of H-pyrrole nitrogens is 1. The van der Waals surface area contributed by atoms with E-state index in [1.54, 1.807) is 23.6 Å². The molecule has 4 aromatic rings. The summed E-state index contributed by atoms with van der Waals surface area (Å²) in [5, 5.41) is 4.51. The van der Waals surface area contributed by atoms with E-state index >= 15 is 0 Å². The summed E-state index contributed by atoms with van der Waals surface area (Å²) in [6.07, 6.45) is 1.84. The van der Waals surface area contributed by atoms with Crippen molar-refractivity contribution in [1.29, 1.82) is 0 Å². The number of aryl methyl sites for hydroxylation is 1. The number of aromatic amines is 1. The van der Waals surface area contributed by atoms with Crippen LogP contribution in [0, 0.1) is 6.92 Å². The minimum absolute atomic E-state index is 0.0878. The highest BCUT2D eigenvalue weighted by molar-refractivity contribution is 5.97. The molecule has 1 amide bonds. The van der Waals surface area contributed by atoms with Crippen molar-refractivity contribution in [1.82, 2.24) is 19.9 Å². The fourth-order valence-corrected chi connectivity index (χ4v) is 3.11. The molecule has 0 fully saturated rings. The van der Waals surface area contributed by atoms with Crippen molar-refractivity contribution >= 4 is 27.7 Å². The molecule has 0 saturated heterocycles. The topological polar surface area (TPSA) is 79.8 Å². The zero-order valence-corrected chi connectivity index (χ0v) is 14.3. The molecule has 26 heavy (non-hydrogen) atoms. The Hall–Kier alpha value is -3.41. The molecule has 2 N–H and O–H groups in total. The molecule has 130 valence electrons. The number of hydrogen-bond donors (Lipinski definition) is 2. The Morgan fingerprint density at radius 1 is 1.19 bits per heavy atom. The standard InChI is InChI=1S/C20H18N4O2/c1-13-23-17-5-3-2-4-16(17)20(26)24(13)11-10-22-19(25)15-7-6-14-8-9-21-18(14)12-15/h2-9,12,21H,10-11H2,1H3,(H,22,25). The van der Waals surface area contributed by atoms with Crippen LogP contribution in [-0.2, 0) is 6.54 Å². The first kappa shape index (κ1) is 16.1. The van der Waals surface area contributed by atoms with Crippen molar-refractivity contribution in [2.75, 3.05) is 6.54 Å². The third kappa shape index (κ3) is 2.86. The predicted octanol–water partition coefficient (Wildman–Crippen LogP) is 2.62. The number of fused-ring (bicyclic) bond motifs is 2. The normalized spacial score (nSPS) is 11.1. The summed E-state index contributed by atoms with van der Waals surface area (Å²) in [5.74, 6) is 0.469. The van der Waals surface area contributed by atoms with Gasteiger partial charge in [-0.1, -0.05) is 18.2 Å². The van der Waals surface area contributed by atoms with E-state index in [0.29, 0.717) is 35.4 Å². The molecule has 0 atom stereocenters. The Balaban J connectivity index is 1.50. The van der Waals surface area contributed by atoms with Gasteiger partial charge in [0.25, 0.3) is 11.5 Å². The summed E-state index contributed by atoms with van der Waals surface area (Å²) >= 11 is 0. The number of rotatable bonds is 4. The lowest BCUT2D eigenvalue weighted by Crippen LogP contribution is -2.32. The summed E-state index contributed by atoms with van der Waals surface area (Å²) in [7, 11) is 0. The Labute approximate surface area is 149 Å². The van der Waals surface area contributed by atoms with Crippen LogP contribution in [0.3, 0.4) is 0 Å². The molecular weight excluding hydrogens is 328 g/mol. The molecule has 6 nitrogen and oxygen atoms in total. The van der Waals surface area contributed by atoms with Crippen LogP contribution < -0.4 is 10.9 Å². The summed E-state index contributed by atoms with van der Waals surface area (Å²) in [6.45, 7) is 2.52. The second-order valence-electron chi connectivity index (χ2n) is 6.17. The molecule has 6 heteroatoms. The summed E-state index contributed by atoms with van der Waals surface area (Å²) in [6, 6.07) is 14.8. The highest BCUT2D eigenvalue weighted by Crippen LogP contribution is 2.14. The van der Waals surface area contributed by atoms with Gasteiger partial charge in [0.2, 0.25) is 0 Å². The molecule has 0 aliphatic rings. The lowest BCUT2D eigenvalue weighted by atomic mass is 10.1. The number of nitrogens with zero attached hydrogens (tertiary/aromatic N) is 2. The first-order valence-corrected chi connectivity index (χ1v) is 8.45. The van der Waals surface area contributed by atoms with Crippen LogP contribution in [0.2, 0.25) is 0 Å². The van der Waals surface area contributed by atoms with Gasteiger partial charge in [-0.15, -0.1) is 0 Å². The Bertz CT molecular complexity index is 1170. The van der Waals surface area contributed by atoms with E-state index in [4.69, 9.17) is 0 Å². The molecule has 0 saturated carbocycles. The number of carbonyl (C=O) groups is 1. The minimum atomic E-state index is -0.166. The first-order chi connectivity index (χ1) is 12.6. The zero-order chi connectivity index (χ0) is 18.1. The van der Waals surface area contributed by atoms with Crippen molar-refractivity contribution in [3.05, 3.63) is 76.5 Å². The predicted molar refractivity (Wildman–Crippen MR) is 101 cm³/mol. The largest absolute Gasteiger partial charge is 0.361 e. The van der Waals surface area contributed by atoms with Crippen LogP contribution in [0.15, 0.2) is 59.5 Å². The third-order valence-corrected chi connectivity index (χ3v) is 4.49. The van der Waals surface area contributed by atoms with Crippen LogP contribution in [0.5, 0.6) is 0 Å². The smallest absolute Gasteiger partial charge is 0.261 e. The second kappa shape index (κ2) is 6.48. The van der Waals surface area contributed by atoms with Crippen molar-refractivity contribution in [2.45, 2.75) is 13.5 Å². The molecule has 4 rings (SSSR count). The fraction of sp³-hybridized carbons (Fsp3) is 0.150. The van der Waals surface area contributed by atoms with E-state index in [1.165, 1.54) is 0 Å². The van der Waals surface area contributed by atoms with Crippen molar-refractivity contribution in [2.24, 2.45) is 0 Å². The zero-order valence-electron chi connectivity index (χ0n) is 14.3. The third-order valence-electron chi connectivity index (χ3n) is 4.49. The maximum atomic E-state index is 12.6. The van der Waals surface area contributed by atoms with Gasteiger partial charge < -0.3 is 10.3 Å². The lowest BCUT2D eigenvalue weighted by Gasteiger charge is -2.11. The van der Waals surface area contributed by atoms with Gasteiger partial charge in [-0.3, -0.25) is 14.2 Å². The molecular formula is C20H18N4O2. The molecule has 2 aromatic carbocycles. The number of carbonyl (C=O) groups excluding carboxylic acids is 1. The quantitative estimate of drug-likeness (QED) is 0.596. The van der Waals surface area contributed by atoms with E-state index in [0.717, 1.165) is 10.9 Å². The van der Waals surface area contributed by atoms with Gasteiger partial charge in [0, 0.05) is 30.4 Å². The average molecular weight is 346 g/mol. The van der Waals surface area contributed by atoms with E-state index in [1.807, 2.05) is 42.6 Å². The van der Waals surface area contributed by atoms with Gasteiger partial charge in [0.15, 0.2) is 0 Å². The van der Waals surface area contributed by atoms with Crippen LogP contribution in [0.25, 0.3) is 21.8 Å². The Morgan fingerprint density at radius 3 is 2.92 bits per heavy atom. The Kier molecular flexibility index (Phi) is 4.01. The number of hydrogen-bond acceptors (Lipinski definition) is 3. The van der Waals surface area contributed by atoms with Crippen molar-refractivity contribution in [3.63, 3.8) is 0 Å². The average Bonchev–Trinajstić information content (AvgIpc) is 3.12. The molecule has 0 radical (unpaired) electrons. The number of nitrogens with one attached hydrogen (secondary N) is 2. The van der Waals surface area contributed by atoms with Gasteiger partial charge in [-0.05, 0) is 42.6 Å². The summed E-state index contributed by atoms with van der Waals surface area (Å²) < 4.78 is 1.59. The fourth-order valence-electron chi connectivity index (χ4n) is 3.11. The first-order valence-electron chi connectivity index (χ1n) is 8.45. The monoisotopic (exact) mass is 346 g/mol. The molecule has 0 bridgehead atoms. The van der Waals surface area contributed by atoms with Crippen molar-refractivity contribution < 1.29 is 4.79 Å². The van der Waals surface area contributed by atoms with Crippen LogP contribution in [0.4, 0.5) is 0 Å². The number of para-hydroxylation sites is 1. The SMILES string of the molecule is Cc1nc2ccccc2c(=O)n1CCNC(=O)c1ccc2cc[nH]c2c1. The molecule has 0 spiro atoms. The Morgan fingerprint density at radius 2 is 2.04 bits per heavy atom. The van der Waals surface area contributed by atoms with Gasteiger partial charge in [0.05, 0.1) is 10.9 Å². The molecule has 2 aromatic heterocycles. The van der Waals surface area contributed by atoms with Gasteiger partial charge in [-0.25, -0.2) is 4.98 Å². The molecule has 2 heterocycles. The van der Waals surface area contributed by atoms with Gasteiger partial charge in [-0.2, -0.15) is 0 Å². The molecule has 0 aliphatic carbocycles. The van der Waals surface area contributed by atoms with Crippen LogP contribution in [-0.4, -0.2) is 27.0 Å². The summed E-state index contributed by atoms with van der Waals surface area (Å²) in [4.78, 5) is 32.5. The van der Waals surface area contributed by atoms with Gasteiger partial charge >= 0.3 is 0 Å². The highest BCUT2D eigenvalue weighted by Gasteiger charge is 2.09. The number of aromatic nitrogens is 3. The summed E-state index contributed by atoms with van der Waals surface area (Å²) in [5.41, 5.74) is 2.11. The molecule has 0 unspecified atom stereocenters. The van der Waals surface area contributed by atoms with E-state index in [-0.39, 0.29) is 11.5 Å². The number of amides is 1. The van der Waals surface area contributed by atoms with Crippen LogP contribution in [0.1, 0.15) is 16.2 Å². The highest BCUT2D eigenvalue weighted by atomic mass is 16.1. The number of benzene rings is 2. The molecule has 0 aliphatic heterocycles. The van der Waals surface area contributed by atoms with Gasteiger partial charge in [0.1, 0.15) is 5.82 Å². The maximum absolute atomic E-state index is 12.6. The van der Waals surface area contributed by atoms with E-state index < -0.39 is 0 Å². The van der Waals surface area contributed by atoms with Crippen molar-refractivity contribution in [3.8, 4) is 0 Å². The second-order valence-corrected chi connectivity index (χ2v) is 6.17. The maximum Gasteiger partial charge on any atom is 0.261 e. The minimum Gasteiger partial charge on any atom is -0.361 e. The van der Waals surface area contributed by atoms with Crippen LogP contribution >= 0.6 is 0 Å².